The molecule has 0 saturated carbocycles. The summed E-state index contributed by atoms with van der Waals surface area (Å²) in [4.78, 5) is 10.6. The summed E-state index contributed by atoms with van der Waals surface area (Å²) in [7, 11) is 0. The van der Waals surface area contributed by atoms with Crippen molar-refractivity contribution < 1.29 is 19.9 Å². The lowest BCUT2D eigenvalue weighted by atomic mass is 10.1. The Bertz CT molecular complexity index is 733. The van der Waals surface area contributed by atoms with Crippen molar-refractivity contribution in [3.8, 4) is 11.5 Å². The van der Waals surface area contributed by atoms with E-state index in [0.29, 0.717) is 17.2 Å². The van der Waals surface area contributed by atoms with Crippen molar-refractivity contribution in [1.29, 1.82) is 0 Å². The summed E-state index contributed by atoms with van der Waals surface area (Å²) < 4.78 is 5.80. The number of non-ortho nitro benzene ring substituents is 1. The zero-order valence-corrected chi connectivity index (χ0v) is 13.5. The molecule has 0 amide bonds. The van der Waals surface area contributed by atoms with Crippen molar-refractivity contribution in [2.24, 2.45) is 0 Å². The van der Waals surface area contributed by atoms with Crippen LogP contribution in [-0.2, 0) is 0 Å². The first-order chi connectivity index (χ1) is 11.4. The summed E-state index contributed by atoms with van der Waals surface area (Å²) in [5.74, 6) is 0.940. The van der Waals surface area contributed by atoms with Crippen molar-refractivity contribution in [2.45, 2.75) is 20.0 Å². The Balaban J connectivity index is 2.29. The molecular formula is C17H20N2O5. The molecule has 0 radical (unpaired) electrons. The Morgan fingerprint density at radius 2 is 2.00 bits per heavy atom. The van der Waals surface area contributed by atoms with Crippen LogP contribution < -0.4 is 10.1 Å². The van der Waals surface area contributed by atoms with Gasteiger partial charge in [0.2, 0.25) is 0 Å². The number of rotatable bonds is 7. The average Bonchev–Trinajstić information content (AvgIpc) is 2.55. The third-order valence-corrected chi connectivity index (χ3v) is 3.43. The first-order valence-corrected chi connectivity index (χ1v) is 7.46. The number of hydrogen-bond donors (Lipinski definition) is 3. The minimum absolute atomic E-state index is 0.0700. The van der Waals surface area contributed by atoms with Gasteiger partial charge < -0.3 is 20.3 Å². The second-order valence-electron chi connectivity index (χ2n) is 5.56. The molecule has 128 valence electrons. The van der Waals surface area contributed by atoms with Gasteiger partial charge in [-0.3, -0.25) is 10.1 Å². The fourth-order valence-electron chi connectivity index (χ4n) is 2.09. The maximum Gasteiger partial charge on any atom is 0.275 e. The molecule has 3 N–H and O–H groups in total. The van der Waals surface area contributed by atoms with Crippen molar-refractivity contribution >= 4 is 11.4 Å². The van der Waals surface area contributed by atoms with Crippen LogP contribution in [0.4, 0.5) is 11.4 Å². The summed E-state index contributed by atoms with van der Waals surface area (Å²) >= 11 is 0. The molecule has 0 aliphatic carbocycles. The lowest BCUT2D eigenvalue weighted by molar-refractivity contribution is -0.384. The molecule has 2 rings (SSSR count). The molecule has 24 heavy (non-hydrogen) atoms. The number of benzene rings is 2. The second kappa shape index (κ2) is 7.76. The fourth-order valence-corrected chi connectivity index (χ4v) is 2.09. The van der Waals surface area contributed by atoms with Gasteiger partial charge in [0, 0.05) is 24.4 Å². The Morgan fingerprint density at radius 1 is 1.25 bits per heavy atom. The highest BCUT2D eigenvalue weighted by Gasteiger charge is 2.13. The highest BCUT2D eigenvalue weighted by molar-refractivity contribution is 5.57. The number of aliphatic hydroxyl groups is 2. The monoisotopic (exact) mass is 332 g/mol. The SMILES string of the molecule is Cc1ccc(C)c(Oc2cc(NCC(O)CO)cc([N+](=O)[O-])c2)c1. The van der Waals surface area contributed by atoms with E-state index in [2.05, 4.69) is 5.32 Å². The molecular weight excluding hydrogens is 312 g/mol. The third-order valence-electron chi connectivity index (χ3n) is 3.43. The van der Waals surface area contributed by atoms with Crippen LogP contribution >= 0.6 is 0 Å². The molecule has 0 spiro atoms. The van der Waals surface area contributed by atoms with E-state index in [1.54, 1.807) is 6.07 Å². The fraction of sp³-hybridized carbons (Fsp3) is 0.294. The summed E-state index contributed by atoms with van der Waals surface area (Å²) in [6.07, 6.45) is -0.951. The summed E-state index contributed by atoms with van der Waals surface area (Å²) in [6.45, 7) is 3.50. The standard InChI is InChI=1S/C17H20N2O5/c1-11-3-4-12(2)17(5-11)24-16-7-13(18-9-15(21)10-20)6-14(8-16)19(22)23/h3-8,15,18,20-21H,9-10H2,1-2H3. The summed E-state index contributed by atoms with van der Waals surface area (Å²) in [6, 6.07) is 10.0. The van der Waals surface area contributed by atoms with Crippen LogP contribution in [0.15, 0.2) is 36.4 Å². The predicted octanol–water partition coefficient (Wildman–Crippen LogP) is 2.77. The zero-order chi connectivity index (χ0) is 17.7. The number of nitro groups is 1. The second-order valence-corrected chi connectivity index (χ2v) is 5.56. The topological polar surface area (TPSA) is 105 Å². The number of nitrogens with one attached hydrogen (secondary N) is 1. The zero-order valence-electron chi connectivity index (χ0n) is 13.5. The molecule has 0 aromatic heterocycles. The Hall–Kier alpha value is -2.64. The molecule has 0 saturated heterocycles. The van der Waals surface area contributed by atoms with Crippen LogP contribution in [0.3, 0.4) is 0 Å². The van der Waals surface area contributed by atoms with Crippen LogP contribution in [-0.4, -0.2) is 34.4 Å². The van der Waals surface area contributed by atoms with Crippen LogP contribution in [0.1, 0.15) is 11.1 Å². The smallest absolute Gasteiger partial charge is 0.275 e. The molecule has 7 nitrogen and oxygen atoms in total. The van der Waals surface area contributed by atoms with Gasteiger partial charge in [-0.2, -0.15) is 0 Å². The van der Waals surface area contributed by atoms with Crippen molar-refractivity contribution in [1.82, 2.24) is 0 Å². The summed E-state index contributed by atoms with van der Waals surface area (Å²) in [5, 5.41) is 32.2. The first-order valence-electron chi connectivity index (χ1n) is 7.46. The van der Waals surface area contributed by atoms with Gasteiger partial charge >= 0.3 is 0 Å². The van der Waals surface area contributed by atoms with Gasteiger partial charge in [0.1, 0.15) is 11.5 Å². The van der Waals surface area contributed by atoms with Gasteiger partial charge in [-0.15, -0.1) is 0 Å². The largest absolute Gasteiger partial charge is 0.457 e. The van der Waals surface area contributed by atoms with Crippen molar-refractivity contribution in [3.63, 3.8) is 0 Å². The van der Waals surface area contributed by atoms with Gasteiger partial charge in [-0.1, -0.05) is 12.1 Å². The highest BCUT2D eigenvalue weighted by atomic mass is 16.6. The van der Waals surface area contributed by atoms with Crippen LogP contribution in [0.2, 0.25) is 0 Å². The molecule has 2 aromatic carbocycles. The van der Waals surface area contributed by atoms with E-state index in [-0.39, 0.29) is 12.2 Å². The molecule has 2 aromatic rings. The van der Waals surface area contributed by atoms with Gasteiger partial charge in [-0.25, -0.2) is 0 Å². The lowest BCUT2D eigenvalue weighted by Gasteiger charge is -2.13. The van der Waals surface area contributed by atoms with Crippen molar-refractivity contribution in [3.05, 3.63) is 57.6 Å². The van der Waals surface area contributed by atoms with Crippen LogP contribution in [0, 0.1) is 24.0 Å². The average molecular weight is 332 g/mol. The van der Waals surface area contributed by atoms with Crippen LogP contribution in [0.5, 0.6) is 11.5 Å². The normalized spacial score (nSPS) is 11.8. The number of nitro benzene ring substituents is 1. The molecule has 0 heterocycles. The van der Waals surface area contributed by atoms with E-state index in [9.17, 15) is 15.2 Å². The van der Waals surface area contributed by atoms with E-state index in [4.69, 9.17) is 9.84 Å². The van der Waals surface area contributed by atoms with Gasteiger partial charge in [0.15, 0.2) is 0 Å². The van der Waals surface area contributed by atoms with E-state index in [0.717, 1.165) is 11.1 Å². The lowest BCUT2D eigenvalue weighted by Crippen LogP contribution is -2.22. The van der Waals surface area contributed by atoms with E-state index >= 15 is 0 Å². The van der Waals surface area contributed by atoms with E-state index in [1.807, 2.05) is 32.0 Å². The molecule has 1 unspecified atom stereocenters. The number of hydrogen-bond acceptors (Lipinski definition) is 6. The third kappa shape index (κ3) is 4.68. The molecule has 1 atom stereocenters. The predicted molar refractivity (Wildman–Crippen MR) is 90.7 cm³/mol. The molecule has 0 aliphatic heterocycles. The van der Waals surface area contributed by atoms with Crippen LogP contribution in [0.25, 0.3) is 0 Å². The van der Waals surface area contributed by atoms with Crippen molar-refractivity contribution in [2.75, 3.05) is 18.5 Å². The molecule has 7 heteroatoms. The number of aliphatic hydroxyl groups excluding tert-OH is 2. The number of anilines is 1. The van der Waals surface area contributed by atoms with E-state index in [1.165, 1.54) is 12.1 Å². The molecule has 0 aliphatic rings. The Labute approximate surface area is 139 Å². The number of ether oxygens (including phenoxy) is 1. The summed E-state index contributed by atoms with van der Waals surface area (Å²) in [5.41, 5.74) is 2.23. The molecule has 0 fully saturated rings. The van der Waals surface area contributed by atoms with Gasteiger partial charge in [-0.05, 0) is 31.0 Å². The molecule has 0 bridgehead atoms. The van der Waals surface area contributed by atoms with E-state index < -0.39 is 17.6 Å². The van der Waals surface area contributed by atoms with Gasteiger partial charge in [0.05, 0.1) is 23.7 Å². The quantitative estimate of drug-likeness (QED) is 0.532. The Morgan fingerprint density at radius 3 is 2.67 bits per heavy atom. The minimum atomic E-state index is -0.951. The minimum Gasteiger partial charge on any atom is -0.457 e. The van der Waals surface area contributed by atoms with Gasteiger partial charge in [0.25, 0.3) is 5.69 Å². The highest BCUT2D eigenvalue weighted by Crippen LogP contribution is 2.31. The first kappa shape index (κ1) is 17.7. The maximum atomic E-state index is 11.1. The Kier molecular flexibility index (Phi) is 5.73. The number of nitrogens with zero attached hydrogens (tertiary/aromatic N) is 1. The number of aryl methyl sites for hydroxylation is 2. The maximum absolute atomic E-state index is 11.1.